The average molecular weight is 332 g/mol. The number of amides is 2. The highest BCUT2D eigenvalue weighted by molar-refractivity contribution is 6.02. The van der Waals surface area contributed by atoms with Crippen molar-refractivity contribution in [2.24, 2.45) is 0 Å². The van der Waals surface area contributed by atoms with Gasteiger partial charge in [-0.25, -0.2) is 0 Å². The SMILES string of the molecule is CN(CC1(O)CCOCC1)C(=O)C1CC(=O)N(C)c2ccccc21. The molecule has 2 aliphatic rings. The number of anilines is 1. The van der Waals surface area contributed by atoms with Crippen LogP contribution in [0.3, 0.4) is 0 Å². The van der Waals surface area contributed by atoms with Crippen LogP contribution in [0.4, 0.5) is 5.69 Å². The van der Waals surface area contributed by atoms with Crippen molar-refractivity contribution in [1.82, 2.24) is 4.90 Å². The molecule has 1 fully saturated rings. The molecule has 6 heteroatoms. The molecule has 2 amide bonds. The van der Waals surface area contributed by atoms with Gasteiger partial charge in [0.05, 0.1) is 11.5 Å². The Morgan fingerprint density at radius 3 is 2.75 bits per heavy atom. The van der Waals surface area contributed by atoms with Gasteiger partial charge in [-0.2, -0.15) is 0 Å². The molecule has 1 aromatic carbocycles. The van der Waals surface area contributed by atoms with E-state index < -0.39 is 11.5 Å². The summed E-state index contributed by atoms with van der Waals surface area (Å²) in [6.45, 7) is 1.28. The lowest BCUT2D eigenvalue weighted by Gasteiger charge is -2.38. The minimum Gasteiger partial charge on any atom is -0.388 e. The van der Waals surface area contributed by atoms with E-state index >= 15 is 0 Å². The molecule has 1 N–H and O–H groups in total. The fourth-order valence-corrected chi connectivity index (χ4v) is 3.56. The molecule has 1 aromatic rings. The summed E-state index contributed by atoms with van der Waals surface area (Å²) >= 11 is 0. The van der Waals surface area contributed by atoms with Crippen LogP contribution in [0.25, 0.3) is 0 Å². The van der Waals surface area contributed by atoms with Gasteiger partial charge in [0, 0.05) is 58.8 Å². The third-order valence-electron chi connectivity index (χ3n) is 5.06. The van der Waals surface area contributed by atoms with Gasteiger partial charge in [0.1, 0.15) is 0 Å². The number of benzene rings is 1. The molecule has 24 heavy (non-hydrogen) atoms. The van der Waals surface area contributed by atoms with E-state index in [1.807, 2.05) is 24.3 Å². The van der Waals surface area contributed by atoms with Crippen LogP contribution < -0.4 is 4.90 Å². The van der Waals surface area contributed by atoms with E-state index in [-0.39, 0.29) is 24.8 Å². The van der Waals surface area contributed by atoms with Crippen LogP contribution in [-0.2, 0) is 14.3 Å². The van der Waals surface area contributed by atoms with E-state index in [9.17, 15) is 14.7 Å². The van der Waals surface area contributed by atoms with Gasteiger partial charge < -0.3 is 19.6 Å². The first-order valence-corrected chi connectivity index (χ1v) is 8.32. The van der Waals surface area contributed by atoms with Crippen molar-refractivity contribution in [3.05, 3.63) is 29.8 Å². The summed E-state index contributed by atoms with van der Waals surface area (Å²) in [5, 5.41) is 10.6. The van der Waals surface area contributed by atoms with Gasteiger partial charge in [-0.1, -0.05) is 18.2 Å². The van der Waals surface area contributed by atoms with Crippen LogP contribution in [0, 0.1) is 0 Å². The number of likely N-dealkylation sites (N-methyl/N-ethyl adjacent to an activating group) is 1. The molecule has 2 heterocycles. The van der Waals surface area contributed by atoms with E-state index in [2.05, 4.69) is 0 Å². The van der Waals surface area contributed by atoms with Crippen LogP contribution in [0.1, 0.15) is 30.7 Å². The maximum absolute atomic E-state index is 12.9. The third-order valence-corrected chi connectivity index (χ3v) is 5.06. The maximum Gasteiger partial charge on any atom is 0.230 e. The summed E-state index contributed by atoms with van der Waals surface area (Å²) in [4.78, 5) is 28.3. The molecule has 0 aromatic heterocycles. The van der Waals surface area contributed by atoms with Gasteiger partial charge in [-0.15, -0.1) is 0 Å². The zero-order valence-corrected chi connectivity index (χ0v) is 14.2. The predicted octanol–water partition coefficient (Wildman–Crippen LogP) is 1.14. The second-order valence-electron chi connectivity index (χ2n) is 6.80. The van der Waals surface area contributed by atoms with Crippen LogP contribution in [0.2, 0.25) is 0 Å². The van der Waals surface area contributed by atoms with Gasteiger partial charge in [-0.3, -0.25) is 9.59 Å². The number of carbonyl (C=O) groups is 2. The van der Waals surface area contributed by atoms with Crippen molar-refractivity contribution >= 4 is 17.5 Å². The number of hydrogen-bond donors (Lipinski definition) is 1. The van der Waals surface area contributed by atoms with Crippen molar-refractivity contribution in [3.63, 3.8) is 0 Å². The number of aliphatic hydroxyl groups is 1. The number of rotatable bonds is 3. The number of hydrogen-bond acceptors (Lipinski definition) is 4. The van der Waals surface area contributed by atoms with E-state index in [1.165, 1.54) is 0 Å². The molecule has 2 aliphatic heterocycles. The Morgan fingerprint density at radius 2 is 2.04 bits per heavy atom. The van der Waals surface area contributed by atoms with Gasteiger partial charge in [0.25, 0.3) is 0 Å². The summed E-state index contributed by atoms with van der Waals surface area (Å²) < 4.78 is 5.28. The number of nitrogens with zero attached hydrogens (tertiary/aromatic N) is 2. The van der Waals surface area contributed by atoms with Crippen LogP contribution >= 0.6 is 0 Å². The van der Waals surface area contributed by atoms with Crippen LogP contribution in [0.15, 0.2) is 24.3 Å². The minimum absolute atomic E-state index is 0.0646. The summed E-state index contributed by atoms with van der Waals surface area (Å²) in [5.74, 6) is -0.674. The van der Waals surface area contributed by atoms with Crippen LogP contribution in [-0.4, -0.2) is 61.3 Å². The highest BCUT2D eigenvalue weighted by Crippen LogP contribution is 2.36. The van der Waals surface area contributed by atoms with Gasteiger partial charge in [0.2, 0.25) is 11.8 Å². The molecule has 0 spiro atoms. The lowest BCUT2D eigenvalue weighted by atomic mass is 9.87. The predicted molar refractivity (Wildman–Crippen MR) is 89.8 cm³/mol. The number of fused-ring (bicyclic) bond motifs is 1. The Hall–Kier alpha value is -1.92. The summed E-state index contributed by atoms with van der Waals surface area (Å²) in [6.07, 6.45) is 1.21. The highest BCUT2D eigenvalue weighted by atomic mass is 16.5. The molecule has 0 aliphatic carbocycles. The second kappa shape index (κ2) is 6.53. The summed E-state index contributed by atoms with van der Waals surface area (Å²) in [7, 11) is 3.43. The Bertz CT molecular complexity index is 640. The van der Waals surface area contributed by atoms with E-state index in [0.29, 0.717) is 26.1 Å². The molecule has 130 valence electrons. The number of carbonyl (C=O) groups excluding carboxylic acids is 2. The summed E-state index contributed by atoms with van der Waals surface area (Å²) in [6, 6.07) is 7.51. The fraction of sp³-hybridized carbons (Fsp3) is 0.556. The number of para-hydroxylation sites is 1. The average Bonchev–Trinajstić information content (AvgIpc) is 2.57. The van der Waals surface area contributed by atoms with E-state index in [0.717, 1.165) is 11.3 Å². The Balaban J connectivity index is 1.79. The van der Waals surface area contributed by atoms with Crippen molar-refractivity contribution in [1.29, 1.82) is 0 Å². The molecule has 6 nitrogen and oxygen atoms in total. The van der Waals surface area contributed by atoms with Crippen molar-refractivity contribution in [2.75, 3.05) is 38.8 Å². The smallest absolute Gasteiger partial charge is 0.230 e. The van der Waals surface area contributed by atoms with Crippen LogP contribution in [0.5, 0.6) is 0 Å². The summed E-state index contributed by atoms with van der Waals surface area (Å²) in [5.41, 5.74) is 0.748. The first-order valence-electron chi connectivity index (χ1n) is 8.32. The van der Waals surface area contributed by atoms with E-state index in [1.54, 1.807) is 23.9 Å². The molecule has 1 unspecified atom stereocenters. The molecule has 0 saturated carbocycles. The third kappa shape index (κ3) is 3.16. The van der Waals surface area contributed by atoms with Crippen molar-refractivity contribution in [3.8, 4) is 0 Å². The normalized spacial score (nSPS) is 22.9. The van der Waals surface area contributed by atoms with E-state index in [4.69, 9.17) is 4.74 Å². The minimum atomic E-state index is -0.905. The molecule has 0 radical (unpaired) electrons. The van der Waals surface area contributed by atoms with Crippen molar-refractivity contribution in [2.45, 2.75) is 30.8 Å². The lowest BCUT2D eigenvalue weighted by molar-refractivity contribution is -0.140. The topological polar surface area (TPSA) is 70.1 Å². The van der Waals surface area contributed by atoms with Gasteiger partial charge in [-0.05, 0) is 11.6 Å². The molecule has 3 rings (SSSR count). The zero-order chi connectivity index (χ0) is 17.3. The second-order valence-corrected chi connectivity index (χ2v) is 6.80. The molecule has 0 bridgehead atoms. The molecule has 1 atom stereocenters. The molecular formula is C18H24N2O4. The van der Waals surface area contributed by atoms with Gasteiger partial charge >= 0.3 is 0 Å². The quantitative estimate of drug-likeness (QED) is 0.901. The zero-order valence-electron chi connectivity index (χ0n) is 14.2. The Morgan fingerprint density at radius 1 is 1.38 bits per heavy atom. The lowest BCUT2D eigenvalue weighted by Crippen LogP contribution is -2.49. The van der Waals surface area contributed by atoms with Crippen molar-refractivity contribution < 1.29 is 19.4 Å². The number of ether oxygens (including phenoxy) is 1. The maximum atomic E-state index is 12.9. The van der Waals surface area contributed by atoms with Gasteiger partial charge in [0.15, 0.2) is 0 Å². The Labute approximate surface area is 142 Å². The standard InChI is InChI=1S/C18H24N2O4/c1-19(12-18(23)7-9-24-10-8-18)17(22)14-11-16(21)20(2)15-6-4-3-5-13(14)15/h3-6,14,23H,7-12H2,1-2H3. The first-order chi connectivity index (χ1) is 11.4. The fourth-order valence-electron chi connectivity index (χ4n) is 3.56. The first kappa shape index (κ1) is 16.9. The highest BCUT2D eigenvalue weighted by Gasteiger charge is 2.38. The Kier molecular flexibility index (Phi) is 4.60. The monoisotopic (exact) mass is 332 g/mol. The molecule has 1 saturated heterocycles. The largest absolute Gasteiger partial charge is 0.388 e. The molecular weight excluding hydrogens is 308 g/mol.